The first kappa shape index (κ1) is 12.9. The number of carbonyl (C=O) groups excluding carboxylic acids is 1. The van der Waals surface area contributed by atoms with Gasteiger partial charge in [0.15, 0.2) is 5.69 Å². The highest BCUT2D eigenvalue weighted by Gasteiger charge is 2.14. The first-order valence-electron chi connectivity index (χ1n) is 6.11. The summed E-state index contributed by atoms with van der Waals surface area (Å²) in [6, 6.07) is 7.10. The smallest absolute Gasteiger partial charge is 0.313 e. The van der Waals surface area contributed by atoms with E-state index in [0.29, 0.717) is 10.9 Å². The van der Waals surface area contributed by atoms with Gasteiger partial charge in [-0.05, 0) is 13.0 Å². The number of fused-ring (bicyclic) bond motifs is 1. The lowest BCUT2D eigenvalue weighted by Gasteiger charge is -1.92. The van der Waals surface area contributed by atoms with E-state index in [1.807, 2.05) is 0 Å². The van der Waals surface area contributed by atoms with Gasteiger partial charge in [0.25, 0.3) is 5.56 Å². The summed E-state index contributed by atoms with van der Waals surface area (Å²) in [5.41, 5.74) is 0.755. The molecule has 0 spiro atoms. The van der Waals surface area contributed by atoms with Gasteiger partial charge in [0.05, 0.1) is 5.52 Å². The number of carbonyl (C=O) groups is 1. The van der Waals surface area contributed by atoms with Crippen molar-refractivity contribution in [1.29, 1.82) is 0 Å². The summed E-state index contributed by atoms with van der Waals surface area (Å²) in [5.74, 6) is -0.873. The molecule has 1 aromatic carbocycles. The number of H-pyrrole nitrogens is 3. The maximum absolute atomic E-state index is 11.9. The van der Waals surface area contributed by atoms with E-state index in [1.54, 1.807) is 24.3 Å². The molecular weight excluding hydrogens is 274 g/mol. The lowest BCUT2D eigenvalue weighted by molar-refractivity contribution is 0.0989. The van der Waals surface area contributed by atoms with Crippen molar-refractivity contribution in [3.05, 3.63) is 45.9 Å². The van der Waals surface area contributed by atoms with Crippen molar-refractivity contribution in [3.63, 3.8) is 0 Å². The first-order chi connectivity index (χ1) is 10.1. The molecule has 2 heterocycles. The van der Waals surface area contributed by atoms with Crippen molar-refractivity contribution < 1.29 is 9.90 Å². The van der Waals surface area contributed by atoms with Crippen LogP contribution in [0.3, 0.4) is 0 Å². The van der Waals surface area contributed by atoms with Gasteiger partial charge in [-0.15, -0.1) is 10.2 Å². The fourth-order valence-corrected chi connectivity index (χ4v) is 1.99. The van der Waals surface area contributed by atoms with E-state index in [9.17, 15) is 14.7 Å². The van der Waals surface area contributed by atoms with Crippen LogP contribution in [0.1, 0.15) is 16.1 Å². The molecule has 2 aromatic heterocycles. The normalized spacial score (nSPS) is 11.5. The zero-order valence-electron chi connectivity index (χ0n) is 11.0. The van der Waals surface area contributed by atoms with E-state index >= 15 is 0 Å². The molecule has 0 radical (unpaired) electrons. The van der Waals surface area contributed by atoms with Gasteiger partial charge in [0.1, 0.15) is 5.69 Å². The highest BCUT2D eigenvalue weighted by Crippen LogP contribution is 2.35. The largest absolute Gasteiger partial charge is 0.493 e. The Kier molecular flexibility index (Phi) is 2.90. The van der Waals surface area contributed by atoms with Gasteiger partial charge < -0.3 is 10.1 Å². The van der Waals surface area contributed by atoms with Crippen LogP contribution in [0.2, 0.25) is 0 Å². The van der Waals surface area contributed by atoms with Crippen molar-refractivity contribution in [1.82, 2.24) is 15.2 Å². The molecule has 3 aromatic rings. The maximum atomic E-state index is 11.9. The van der Waals surface area contributed by atoms with Crippen LogP contribution in [0.4, 0.5) is 5.69 Å². The van der Waals surface area contributed by atoms with Crippen LogP contribution < -0.4 is 5.56 Å². The Morgan fingerprint density at radius 2 is 2.00 bits per heavy atom. The third kappa shape index (κ3) is 2.12. The Hall–Kier alpha value is -3.16. The minimum absolute atomic E-state index is 0.0445. The Balaban J connectivity index is 1.98. The van der Waals surface area contributed by atoms with Crippen molar-refractivity contribution in [3.8, 4) is 5.88 Å². The van der Waals surface area contributed by atoms with Gasteiger partial charge in [-0.25, -0.2) is 0 Å². The van der Waals surface area contributed by atoms with Crippen LogP contribution >= 0.6 is 0 Å². The molecule has 0 bridgehead atoms. The van der Waals surface area contributed by atoms with Gasteiger partial charge in [0, 0.05) is 10.9 Å². The number of nitrogens with zero attached hydrogens (tertiary/aromatic N) is 2. The molecule has 0 aliphatic rings. The second-order valence-electron chi connectivity index (χ2n) is 4.45. The Labute approximate surface area is 117 Å². The number of para-hydroxylation sites is 1. The number of aromatic hydroxyl groups is 1. The van der Waals surface area contributed by atoms with Crippen LogP contribution in [0.5, 0.6) is 5.88 Å². The van der Waals surface area contributed by atoms with Crippen molar-refractivity contribution >= 4 is 22.5 Å². The molecule has 8 nitrogen and oxygen atoms in total. The molecule has 0 aliphatic carbocycles. The summed E-state index contributed by atoms with van der Waals surface area (Å²) in [6.45, 7) is 1.50. The molecule has 3 rings (SSSR count). The van der Waals surface area contributed by atoms with Gasteiger partial charge in [-0.3, -0.25) is 19.8 Å². The Morgan fingerprint density at radius 1 is 1.24 bits per heavy atom. The molecule has 0 saturated heterocycles. The van der Waals surface area contributed by atoms with E-state index < -0.39 is 5.91 Å². The van der Waals surface area contributed by atoms with Crippen molar-refractivity contribution in [2.24, 2.45) is 10.2 Å². The van der Waals surface area contributed by atoms with Crippen LogP contribution in [0, 0.1) is 6.92 Å². The second-order valence-corrected chi connectivity index (χ2v) is 4.45. The van der Waals surface area contributed by atoms with Gasteiger partial charge in [-0.2, -0.15) is 0 Å². The SMILES string of the molecule is Cc1c(C(=O)N=Nc2c(O)[nH]c3ccccc23)[nH][nH]c1=O. The van der Waals surface area contributed by atoms with Gasteiger partial charge in [0.2, 0.25) is 5.88 Å². The standard InChI is InChI=1S/C13H11N5O3/c1-6-9(15-17-11(6)19)13(21)18-16-10-7-4-2-3-5-8(7)14-12(10)20/h2-5,14,20H,1H3,(H2,15,17,19). The zero-order valence-corrected chi connectivity index (χ0v) is 11.0. The summed E-state index contributed by atoms with van der Waals surface area (Å²) in [5, 5.41) is 22.5. The minimum atomic E-state index is -0.699. The number of nitrogens with one attached hydrogen (secondary N) is 3. The topological polar surface area (TPSA) is 126 Å². The molecule has 0 atom stereocenters. The van der Waals surface area contributed by atoms with E-state index in [0.717, 1.165) is 0 Å². The van der Waals surface area contributed by atoms with E-state index in [4.69, 9.17) is 0 Å². The van der Waals surface area contributed by atoms with Gasteiger partial charge >= 0.3 is 5.91 Å². The molecule has 106 valence electrons. The number of rotatable bonds is 2. The van der Waals surface area contributed by atoms with Crippen molar-refractivity contribution in [2.75, 3.05) is 0 Å². The number of azo groups is 1. The average Bonchev–Trinajstić information content (AvgIpc) is 2.97. The minimum Gasteiger partial charge on any atom is -0.493 e. The highest BCUT2D eigenvalue weighted by molar-refractivity contribution is 5.96. The second kappa shape index (κ2) is 4.75. The molecule has 0 unspecified atom stereocenters. The maximum Gasteiger partial charge on any atom is 0.313 e. The quantitative estimate of drug-likeness (QED) is 0.538. The average molecular weight is 285 g/mol. The fraction of sp³-hybridized carbons (Fsp3) is 0.0769. The van der Waals surface area contributed by atoms with E-state index in [2.05, 4.69) is 25.4 Å². The summed E-state index contributed by atoms with van der Waals surface area (Å²) in [7, 11) is 0. The molecule has 0 aliphatic heterocycles. The van der Waals surface area contributed by atoms with E-state index in [-0.39, 0.29) is 28.4 Å². The van der Waals surface area contributed by atoms with Crippen LogP contribution in [0.25, 0.3) is 10.9 Å². The first-order valence-corrected chi connectivity index (χ1v) is 6.11. The number of hydrogen-bond donors (Lipinski definition) is 4. The monoisotopic (exact) mass is 285 g/mol. The van der Waals surface area contributed by atoms with Crippen LogP contribution in [-0.2, 0) is 0 Å². The van der Waals surface area contributed by atoms with Crippen LogP contribution in [0.15, 0.2) is 39.3 Å². The molecule has 1 amide bonds. The van der Waals surface area contributed by atoms with Crippen molar-refractivity contribution in [2.45, 2.75) is 6.92 Å². The Morgan fingerprint density at radius 3 is 2.71 bits per heavy atom. The lowest BCUT2D eigenvalue weighted by Crippen LogP contribution is -2.03. The molecule has 0 saturated carbocycles. The summed E-state index contributed by atoms with van der Waals surface area (Å²) in [6.07, 6.45) is 0. The number of amides is 1. The fourth-order valence-electron chi connectivity index (χ4n) is 1.99. The number of hydrogen-bond acceptors (Lipinski definition) is 4. The zero-order chi connectivity index (χ0) is 15.0. The number of aromatic nitrogens is 3. The summed E-state index contributed by atoms with van der Waals surface area (Å²) < 4.78 is 0. The predicted molar refractivity (Wildman–Crippen MR) is 75.0 cm³/mol. The molecule has 4 N–H and O–H groups in total. The molecular formula is C13H11N5O3. The van der Waals surface area contributed by atoms with E-state index in [1.165, 1.54) is 6.92 Å². The molecule has 8 heteroatoms. The molecule has 21 heavy (non-hydrogen) atoms. The highest BCUT2D eigenvalue weighted by atomic mass is 16.3. The summed E-state index contributed by atoms with van der Waals surface area (Å²) >= 11 is 0. The lowest BCUT2D eigenvalue weighted by atomic mass is 10.2. The third-order valence-electron chi connectivity index (χ3n) is 3.13. The number of benzene rings is 1. The van der Waals surface area contributed by atoms with Crippen LogP contribution in [-0.4, -0.2) is 26.2 Å². The predicted octanol–water partition coefficient (Wildman–Crippen LogP) is 2.12. The third-order valence-corrected chi connectivity index (χ3v) is 3.13. The Bertz CT molecular complexity index is 915. The van der Waals surface area contributed by atoms with Gasteiger partial charge in [-0.1, -0.05) is 18.2 Å². The molecule has 0 fully saturated rings. The summed E-state index contributed by atoms with van der Waals surface area (Å²) in [4.78, 5) is 25.9. The number of aromatic amines is 3.